The third kappa shape index (κ3) is 4.72. The molecule has 108 valence electrons. The fourth-order valence-electron chi connectivity index (χ4n) is 1.44. The smallest absolute Gasteiger partial charge is 0.446 e. The Labute approximate surface area is 126 Å². The summed E-state index contributed by atoms with van der Waals surface area (Å²) in [6, 6.07) is 4.35. The Morgan fingerprint density at radius 3 is 2.65 bits per heavy atom. The molecule has 0 saturated carbocycles. The van der Waals surface area contributed by atoms with E-state index in [1.165, 1.54) is 12.1 Å². The number of carbonyl (C=O) groups excluding carboxylic acids is 1. The van der Waals surface area contributed by atoms with Crippen molar-refractivity contribution in [1.29, 1.82) is 5.26 Å². The number of nitrogens with zero attached hydrogens (tertiary/aromatic N) is 1. The first-order valence-corrected chi connectivity index (χ1v) is 7.02. The second kappa shape index (κ2) is 6.99. The zero-order valence-electron chi connectivity index (χ0n) is 10.3. The van der Waals surface area contributed by atoms with Crippen molar-refractivity contribution in [2.75, 3.05) is 6.61 Å². The van der Waals surface area contributed by atoms with Crippen LogP contribution >= 0.6 is 27.7 Å². The topological polar surface area (TPSA) is 50.1 Å². The Balaban J connectivity index is 3.09. The van der Waals surface area contributed by atoms with Gasteiger partial charge in [0, 0.05) is 9.37 Å². The highest BCUT2D eigenvalue weighted by atomic mass is 79.9. The largest absolute Gasteiger partial charge is 0.466 e. The number of halogens is 4. The molecule has 0 spiro atoms. The minimum absolute atomic E-state index is 0.00676. The van der Waals surface area contributed by atoms with E-state index in [9.17, 15) is 18.0 Å². The van der Waals surface area contributed by atoms with E-state index in [2.05, 4.69) is 15.9 Å². The van der Waals surface area contributed by atoms with Gasteiger partial charge in [-0.05, 0) is 46.2 Å². The lowest BCUT2D eigenvalue weighted by Crippen LogP contribution is -2.09. The Morgan fingerprint density at radius 1 is 1.50 bits per heavy atom. The summed E-state index contributed by atoms with van der Waals surface area (Å²) in [7, 11) is 0. The van der Waals surface area contributed by atoms with Crippen LogP contribution in [0.3, 0.4) is 0 Å². The molecule has 8 heteroatoms. The van der Waals surface area contributed by atoms with Gasteiger partial charge in [-0.2, -0.15) is 18.4 Å². The van der Waals surface area contributed by atoms with E-state index in [-0.39, 0.29) is 39.7 Å². The van der Waals surface area contributed by atoms with Crippen molar-refractivity contribution in [2.45, 2.75) is 23.7 Å². The highest BCUT2D eigenvalue weighted by molar-refractivity contribution is 9.10. The molecule has 0 radical (unpaired) electrons. The van der Waals surface area contributed by atoms with E-state index >= 15 is 0 Å². The summed E-state index contributed by atoms with van der Waals surface area (Å²) >= 11 is 2.66. The SMILES string of the molecule is CCOC(=O)Cc1ccc(SC(F)(F)F)c(Br)c1C#N. The van der Waals surface area contributed by atoms with E-state index in [0.29, 0.717) is 5.56 Å². The molecule has 0 unspecified atom stereocenters. The van der Waals surface area contributed by atoms with Crippen LogP contribution in [-0.4, -0.2) is 18.1 Å². The fraction of sp³-hybridized carbons (Fsp3) is 0.333. The highest BCUT2D eigenvalue weighted by Gasteiger charge is 2.31. The van der Waals surface area contributed by atoms with Gasteiger partial charge in [0.2, 0.25) is 0 Å². The van der Waals surface area contributed by atoms with Gasteiger partial charge in [-0.15, -0.1) is 0 Å². The van der Waals surface area contributed by atoms with Crippen molar-refractivity contribution >= 4 is 33.7 Å². The van der Waals surface area contributed by atoms with Crippen molar-refractivity contribution in [3.05, 3.63) is 27.7 Å². The van der Waals surface area contributed by atoms with E-state index in [4.69, 9.17) is 10.00 Å². The van der Waals surface area contributed by atoms with Gasteiger partial charge >= 0.3 is 11.5 Å². The zero-order valence-corrected chi connectivity index (χ0v) is 12.7. The van der Waals surface area contributed by atoms with Crippen LogP contribution in [0.25, 0.3) is 0 Å². The van der Waals surface area contributed by atoms with Crippen LogP contribution in [0.4, 0.5) is 13.2 Å². The van der Waals surface area contributed by atoms with E-state index in [0.717, 1.165) is 0 Å². The maximum atomic E-state index is 12.4. The molecule has 0 fully saturated rings. The monoisotopic (exact) mass is 367 g/mol. The van der Waals surface area contributed by atoms with Crippen LogP contribution < -0.4 is 0 Å². The molecule has 1 aromatic carbocycles. The summed E-state index contributed by atoms with van der Waals surface area (Å²) in [4.78, 5) is 11.3. The standard InChI is InChI=1S/C12H9BrF3NO2S/c1-2-19-10(18)5-7-3-4-9(20-12(14,15)16)11(13)8(7)6-17/h3-4H,2,5H2,1H3. The Bertz CT molecular complexity index is 555. The maximum absolute atomic E-state index is 12.4. The predicted octanol–water partition coefficient (Wildman–Crippen LogP) is 4.04. The van der Waals surface area contributed by atoms with Crippen molar-refractivity contribution in [1.82, 2.24) is 0 Å². The maximum Gasteiger partial charge on any atom is 0.446 e. The average Bonchev–Trinajstić information content (AvgIpc) is 2.32. The number of nitriles is 1. The van der Waals surface area contributed by atoms with Crippen molar-refractivity contribution in [3.8, 4) is 6.07 Å². The van der Waals surface area contributed by atoms with E-state index in [1.807, 2.05) is 0 Å². The third-order valence-electron chi connectivity index (χ3n) is 2.17. The van der Waals surface area contributed by atoms with E-state index in [1.54, 1.807) is 13.0 Å². The molecule has 0 saturated heterocycles. The number of benzene rings is 1. The molecule has 0 aromatic heterocycles. The van der Waals surface area contributed by atoms with Gasteiger partial charge in [0.15, 0.2) is 0 Å². The quantitative estimate of drug-likeness (QED) is 0.595. The molecule has 0 heterocycles. The van der Waals surface area contributed by atoms with Crippen molar-refractivity contribution < 1.29 is 22.7 Å². The molecule has 0 aliphatic carbocycles. The number of hydrogen-bond acceptors (Lipinski definition) is 4. The van der Waals surface area contributed by atoms with Gasteiger partial charge in [0.1, 0.15) is 6.07 Å². The van der Waals surface area contributed by atoms with Gasteiger partial charge in [-0.25, -0.2) is 0 Å². The third-order valence-corrected chi connectivity index (χ3v) is 4.05. The Kier molecular flexibility index (Phi) is 5.89. The molecule has 1 rings (SSSR count). The number of thioether (sulfide) groups is 1. The van der Waals surface area contributed by atoms with Crippen LogP contribution in [0.5, 0.6) is 0 Å². The van der Waals surface area contributed by atoms with Crippen molar-refractivity contribution in [2.24, 2.45) is 0 Å². The number of alkyl halides is 3. The second-order valence-corrected chi connectivity index (χ2v) is 5.45. The predicted molar refractivity (Wildman–Crippen MR) is 71.1 cm³/mol. The molecule has 0 aliphatic rings. The molecule has 20 heavy (non-hydrogen) atoms. The highest BCUT2D eigenvalue weighted by Crippen LogP contribution is 2.42. The minimum atomic E-state index is -4.45. The van der Waals surface area contributed by atoms with E-state index < -0.39 is 11.5 Å². The summed E-state index contributed by atoms with van der Waals surface area (Å²) in [5, 5.41) is 9.04. The summed E-state index contributed by atoms with van der Waals surface area (Å²) in [5.41, 5.74) is -4.12. The lowest BCUT2D eigenvalue weighted by molar-refractivity contribution is -0.142. The zero-order chi connectivity index (χ0) is 15.3. The first-order chi connectivity index (χ1) is 9.28. The molecule has 0 amide bonds. The van der Waals surface area contributed by atoms with Crippen LogP contribution in [0, 0.1) is 11.3 Å². The molecule has 1 aromatic rings. The summed E-state index contributed by atoms with van der Waals surface area (Å²) in [6.45, 7) is 1.84. The molecular formula is C12H9BrF3NO2S. The van der Waals surface area contributed by atoms with Gasteiger partial charge < -0.3 is 4.74 Å². The van der Waals surface area contributed by atoms with Gasteiger partial charge in [0.25, 0.3) is 0 Å². The Hall–Kier alpha value is -1.20. The summed E-state index contributed by atoms with van der Waals surface area (Å²) in [5.74, 6) is -0.535. The normalized spacial score (nSPS) is 11.0. The first kappa shape index (κ1) is 16.9. The fourth-order valence-corrected chi connectivity index (χ4v) is 2.73. The second-order valence-electron chi connectivity index (χ2n) is 3.55. The lowest BCUT2D eigenvalue weighted by atomic mass is 10.1. The molecule has 0 N–H and O–H groups in total. The number of carbonyl (C=O) groups is 1. The average molecular weight is 368 g/mol. The number of esters is 1. The summed E-state index contributed by atoms with van der Waals surface area (Å²) in [6.07, 6.45) is -0.160. The minimum Gasteiger partial charge on any atom is -0.466 e. The molecule has 3 nitrogen and oxygen atoms in total. The van der Waals surface area contributed by atoms with Crippen LogP contribution in [0.1, 0.15) is 18.1 Å². The van der Waals surface area contributed by atoms with Crippen LogP contribution in [-0.2, 0) is 16.0 Å². The molecule has 0 atom stereocenters. The number of ether oxygens (including phenoxy) is 1. The van der Waals surface area contributed by atoms with Crippen LogP contribution in [0.2, 0.25) is 0 Å². The Morgan fingerprint density at radius 2 is 2.15 bits per heavy atom. The number of rotatable bonds is 4. The lowest BCUT2D eigenvalue weighted by Gasteiger charge is -2.11. The first-order valence-electron chi connectivity index (χ1n) is 5.41. The number of hydrogen-bond donors (Lipinski definition) is 0. The molecular weight excluding hydrogens is 359 g/mol. The van der Waals surface area contributed by atoms with Crippen LogP contribution in [0.15, 0.2) is 21.5 Å². The van der Waals surface area contributed by atoms with Gasteiger partial charge in [0.05, 0.1) is 18.6 Å². The van der Waals surface area contributed by atoms with Crippen molar-refractivity contribution in [3.63, 3.8) is 0 Å². The molecule has 0 bridgehead atoms. The van der Waals surface area contributed by atoms with Gasteiger partial charge in [-0.3, -0.25) is 4.79 Å². The molecule has 0 aliphatic heterocycles. The van der Waals surface area contributed by atoms with Gasteiger partial charge in [-0.1, -0.05) is 6.07 Å². The summed E-state index contributed by atoms with van der Waals surface area (Å²) < 4.78 is 41.8.